The summed E-state index contributed by atoms with van der Waals surface area (Å²) in [6, 6.07) is 10.9. The summed E-state index contributed by atoms with van der Waals surface area (Å²) in [5.41, 5.74) is 1.77. The van der Waals surface area contributed by atoms with Crippen LogP contribution in [0.1, 0.15) is 5.56 Å². The van der Waals surface area contributed by atoms with Crippen LogP contribution in [0.5, 0.6) is 5.75 Å². The number of hydrogen-bond donors (Lipinski definition) is 1. The number of nitrogens with zero attached hydrogens (tertiary/aromatic N) is 1. The summed E-state index contributed by atoms with van der Waals surface area (Å²) in [4.78, 5) is 16.6. The van der Waals surface area contributed by atoms with Crippen LogP contribution in [0.15, 0.2) is 49.8 Å². The molecule has 2 aromatic carbocycles. The van der Waals surface area contributed by atoms with Crippen molar-refractivity contribution in [2.75, 3.05) is 26.1 Å². The van der Waals surface area contributed by atoms with Gasteiger partial charge in [0.15, 0.2) is 0 Å². The Balaban J connectivity index is 1.96. The highest BCUT2D eigenvalue weighted by molar-refractivity contribution is 9.11. The third-order valence-electron chi connectivity index (χ3n) is 3.37. The summed E-state index contributed by atoms with van der Waals surface area (Å²) in [5, 5.41) is 3.83. The first-order valence-corrected chi connectivity index (χ1v) is 9.73. The maximum Gasteiger partial charge on any atom is 0.345 e. The molecule has 0 radical (unpaired) electrons. The van der Waals surface area contributed by atoms with Gasteiger partial charge in [-0.2, -0.15) is 0 Å². The lowest BCUT2D eigenvalue weighted by molar-refractivity contribution is -0.0598. The molecule has 0 aliphatic heterocycles. The van der Waals surface area contributed by atoms with Crippen LogP contribution in [-0.4, -0.2) is 31.9 Å². The topological polar surface area (TPSA) is 50.8 Å². The number of carbonyl (C=O) groups is 1. The largest absolute Gasteiger partial charge is 0.493 e. The number of ether oxygens (including phenoxy) is 1. The van der Waals surface area contributed by atoms with Gasteiger partial charge in [0, 0.05) is 38.6 Å². The molecule has 2 amide bonds. The van der Waals surface area contributed by atoms with Crippen molar-refractivity contribution in [2.45, 2.75) is 6.42 Å². The van der Waals surface area contributed by atoms with Crippen LogP contribution in [-0.2, 0) is 11.3 Å². The molecule has 0 heterocycles. The summed E-state index contributed by atoms with van der Waals surface area (Å²) < 4.78 is 8.84. The Hall–Kier alpha value is -1.09. The van der Waals surface area contributed by atoms with Crippen LogP contribution in [0.4, 0.5) is 10.5 Å². The van der Waals surface area contributed by atoms with Gasteiger partial charge in [-0.1, -0.05) is 53.9 Å². The molecule has 0 aliphatic carbocycles. The summed E-state index contributed by atoms with van der Waals surface area (Å²) in [5.74, 6) is 0.683. The van der Waals surface area contributed by atoms with Gasteiger partial charge in [0.1, 0.15) is 5.75 Å². The monoisotopic (exact) mass is 534 g/mol. The maximum atomic E-state index is 11.8. The van der Waals surface area contributed by atoms with Gasteiger partial charge in [-0.25, -0.2) is 9.86 Å². The van der Waals surface area contributed by atoms with Crippen molar-refractivity contribution in [1.82, 2.24) is 5.06 Å². The lowest BCUT2D eigenvalue weighted by Gasteiger charge is -2.15. The summed E-state index contributed by atoms with van der Waals surface area (Å²) in [6.45, 7) is 0.508. The van der Waals surface area contributed by atoms with E-state index in [0.29, 0.717) is 18.0 Å². The Morgan fingerprint density at radius 2 is 1.84 bits per heavy atom. The first kappa shape index (κ1) is 20.2. The van der Waals surface area contributed by atoms with Gasteiger partial charge in [0.05, 0.1) is 13.7 Å². The van der Waals surface area contributed by atoms with Crippen molar-refractivity contribution in [3.05, 3.63) is 55.4 Å². The molecule has 0 unspecified atom stereocenters. The highest BCUT2D eigenvalue weighted by atomic mass is 79.9. The number of hydrogen-bond acceptors (Lipinski definition) is 3. The number of anilines is 1. The Morgan fingerprint density at radius 1 is 1.16 bits per heavy atom. The van der Waals surface area contributed by atoms with Gasteiger partial charge in [-0.15, -0.1) is 0 Å². The third-order valence-corrected chi connectivity index (χ3v) is 5.24. The SMILES string of the molecule is CON(C)C(=O)Nc1cccc(OCCc2c(Br)cc(Br)cc2Br)c1. The van der Waals surface area contributed by atoms with E-state index in [4.69, 9.17) is 9.57 Å². The fourth-order valence-electron chi connectivity index (χ4n) is 2.03. The van der Waals surface area contributed by atoms with Gasteiger partial charge in [0.25, 0.3) is 0 Å². The summed E-state index contributed by atoms with van der Waals surface area (Å²) in [6.07, 6.45) is 0.734. The van der Waals surface area contributed by atoms with Gasteiger partial charge in [-0.3, -0.25) is 4.84 Å². The van der Waals surface area contributed by atoms with Crippen molar-refractivity contribution in [1.29, 1.82) is 0 Å². The minimum absolute atomic E-state index is 0.359. The minimum Gasteiger partial charge on any atom is -0.493 e. The Labute approximate surface area is 172 Å². The molecular weight excluding hydrogens is 520 g/mol. The Kier molecular flexibility index (Phi) is 7.74. The standard InChI is InChI=1S/C17H17Br3N2O3/c1-22(24-2)17(23)21-12-4-3-5-13(10-12)25-7-6-14-15(19)8-11(18)9-16(14)20/h3-5,8-10H,6-7H2,1-2H3,(H,21,23). The molecule has 8 heteroatoms. The molecule has 0 aromatic heterocycles. The lowest BCUT2D eigenvalue weighted by Crippen LogP contribution is -2.30. The van der Waals surface area contributed by atoms with Gasteiger partial charge >= 0.3 is 6.03 Å². The normalized spacial score (nSPS) is 10.4. The molecule has 0 aliphatic rings. The van der Waals surface area contributed by atoms with Crippen molar-refractivity contribution in [2.24, 2.45) is 0 Å². The number of amides is 2. The molecule has 0 spiro atoms. The van der Waals surface area contributed by atoms with Crippen molar-refractivity contribution >= 4 is 59.5 Å². The van der Waals surface area contributed by atoms with E-state index in [1.54, 1.807) is 12.1 Å². The molecule has 0 saturated heterocycles. The zero-order chi connectivity index (χ0) is 18.4. The van der Waals surface area contributed by atoms with E-state index < -0.39 is 0 Å². The van der Waals surface area contributed by atoms with Crippen molar-refractivity contribution in [3.8, 4) is 5.75 Å². The lowest BCUT2D eigenvalue weighted by atomic mass is 10.2. The number of urea groups is 1. The fraction of sp³-hybridized carbons (Fsp3) is 0.235. The van der Waals surface area contributed by atoms with Crippen molar-refractivity contribution < 1.29 is 14.4 Å². The zero-order valence-electron chi connectivity index (χ0n) is 13.7. The van der Waals surface area contributed by atoms with E-state index in [9.17, 15) is 4.79 Å². The zero-order valence-corrected chi connectivity index (χ0v) is 18.4. The second kappa shape index (κ2) is 9.56. The molecule has 2 aromatic rings. The predicted octanol–water partition coefficient (Wildman–Crippen LogP) is 5.62. The molecule has 25 heavy (non-hydrogen) atoms. The molecule has 5 nitrogen and oxygen atoms in total. The fourth-order valence-corrected chi connectivity index (χ4v) is 4.69. The number of carbonyl (C=O) groups excluding carboxylic acids is 1. The highest BCUT2D eigenvalue weighted by Gasteiger charge is 2.09. The molecule has 134 valence electrons. The predicted molar refractivity (Wildman–Crippen MR) is 109 cm³/mol. The van der Waals surface area contributed by atoms with E-state index >= 15 is 0 Å². The van der Waals surface area contributed by atoms with E-state index in [1.807, 2.05) is 24.3 Å². The van der Waals surface area contributed by atoms with Crippen LogP contribution in [0.3, 0.4) is 0 Å². The molecular formula is C17H17Br3N2O3. The second-order valence-corrected chi connectivity index (χ2v) is 7.71. The van der Waals surface area contributed by atoms with Crippen LogP contribution in [0.2, 0.25) is 0 Å². The second-order valence-electron chi connectivity index (χ2n) is 5.08. The molecule has 2 rings (SSSR count). The van der Waals surface area contributed by atoms with Crippen LogP contribution in [0, 0.1) is 0 Å². The molecule has 1 N–H and O–H groups in total. The molecule has 0 fully saturated rings. The van der Waals surface area contributed by atoms with E-state index in [0.717, 1.165) is 30.5 Å². The number of nitrogens with one attached hydrogen (secondary N) is 1. The number of hydroxylamine groups is 2. The van der Waals surface area contributed by atoms with Crippen LogP contribution in [0.25, 0.3) is 0 Å². The summed E-state index contributed by atoms with van der Waals surface area (Å²) >= 11 is 10.6. The van der Waals surface area contributed by atoms with Gasteiger partial charge in [-0.05, 0) is 29.8 Å². The number of benzene rings is 2. The summed E-state index contributed by atoms with van der Waals surface area (Å²) in [7, 11) is 2.96. The van der Waals surface area contributed by atoms with E-state index in [1.165, 1.54) is 14.2 Å². The highest BCUT2D eigenvalue weighted by Crippen LogP contribution is 2.30. The van der Waals surface area contributed by atoms with E-state index in [-0.39, 0.29) is 6.03 Å². The number of rotatable bonds is 6. The Bertz CT molecular complexity index is 733. The molecule has 0 bridgehead atoms. The third kappa shape index (κ3) is 5.99. The van der Waals surface area contributed by atoms with Crippen molar-refractivity contribution in [3.63, 3.8) is 0 Å². The quantitative estimate of drug-likeness (QED) is 0.487. The Morgan fingerprint density at radius 3 is 2.48 bits per heavy atom. The molecule has 0 saturated carbocycles. The van der Waals surface area contributed by atoms with E-state index in [2.05, 4.69) is 53.1 Å². The smallest absolute Gasteiger partial charge is 0.345 e. The van der Waals surface area contributed by atoms with Gasteiger partial charge < -0.3 is 10.1 Å². The van der Waals surface area contributed by atoms with Crippen LogP contribution < -0.4 is 10.1 Å². The van der Waals surface area contributed by atoms with Crippen LogP contribution >= 0.6 is 47.8 Å². The minimum atomic E-state index is -0.359. The number of halogens is 3. The molecule has 0 atom stereocenters. The van der Waals surface area contributed by atoms with Gasteiger partial charge in [0.2, 0.25) is 0 Å². The maximum absolute atomic E-state index is 11.8. The average Bonchev–Trinajstić information content (AvgIpc) is 2.56. The first-order chi connectivity index (χ1) is 11.9. The first-order valence-electron chi connectivity index (χ1n) is 7.36. The average molecular weight is 537 g/mol.